The Balaban J connectivity index is 1.41. The summed E-state index contributed by atoms with van der Waals surface area (Å²) in [5.74, 6) is -3.41. The number of amides is 1. The number of likely N-dealkylation sites (N-methyl/N-ethyl adjacent to an activating group) is 1. The summed E-state index contributed by atoms with van der Waals surface area (Å²) >= 11 is 6.54. The van der Waals surface area contributed by atoms with Gasteiger partial charge in [-0.25, -0.2) is 13.8 Å². The van der Waals surface area contributed by atoms with Gasteiger partial charge in [-0.1, -0.05) is 18.2 Å². The van der Waals surface area contributed by atoms with Crippen LogP contribution in [0.15, 0.2) is 47.5 Å². The maximum absolute atomic E-state index is 15.5. The lowest BCUT2D eigenvalue weighted by atomic mass is 9.98. The second kappa shape index (κ2) is 11.4. The largest absolute Gasteiger partial charge is 0.369 e. The number of halogens is 3. The molecule has 3 N–H and O–H groups in total. The van der Waals surface area contributed by atoms with Crippen molar-refractivity contribution in [3.05, 3.63) is 86.7 Å². The van der Waals surface area contributed by atoms with Crippen molar-refractivity contribution in [2.45, 2.75) is 25.9 Å². The number of hydrogen-bond acceptors (Lipinski definition) is 7. The number of rotatable bonds is 7. The van der Waals surface area contributed by atoms with Crippen LogP contribution in [0.2, 0.25) is 5.02 Å². The number of benzene rings is 2. The third-order valence-electron chi connectivity index (χ3n) is 8.20. The fraction of sp³-hybridized carbons (Fsp3) is 0.290. The van der Waals surface area contributed by atoms with Crippen molar-refractivity contribution in [2.75, 3.05) is 43.4 Å². The number of aromatic nitrogens is 3. The number of hydrogen-bond donors (Lipinski definition) is 2. The van der Waals surface area contributed by atoms with Gasteiger partial charge < -0.3 is 25.4 Å². The molecule has 226 valence electrons. The van der Waals surface area contributed by atoms with E-state index in [4.69, 9.17) is 22.3 Å². The molecule has 0 atom stereocenters. The summed E-state index contributed by atoms with van der Waals surface area (Å²) in [6, 6.07) is 8.25. The van der Waals surface area contributed by atoms with Gasteiger partial charge in [0.25, 0.3) is 5.56 Å². The van der Waals surface area contributed by atoms with Crippen LogP contribution in [0.1, 0.15) is 28.2 Å². The summed E-state index contributed by atoms with van der Waals surface area (Å²) in [5, 5.41) is 13.1. The standard InChI is InChI=1S/C31H29ClF2N8O2/c1-17(37-24-12-18(5-6-23(24)32)40-10-8-39(2)9-11-40)15-41-16-22(26-30(41)38-25-4-3-7-42(25)31(26)44)19-13-20(29(36)43)21(14-35)28(34)27(19)33/h5-6,12-13,16,37H,1,3-4,7-11,15H2,2H3,(H2,36,43). The molecule has 0 bridgehead atoms. The minimum atomic E-state index is -1.52. The highest BCUT2D eigenvalue weighted by molar-refractivity contribution is 6.33. The van der Waals surface area contributed by atoms with E-state index in [0.29, 0.717) is 41.6 Å². The Morgan fingerprint density at radius 3 is 2.61 bits per heavy atom. The van der Waals surface area contributed by atoms with E-state index >= 15 is 8.78 Å². The highest BCUT2D eigenvalue weighted by Crippen LogP contribution is 2.35. The van der Waals surface area contributed by atoms with Gasteiger partial charge in [0, 0.05) is 67.9 Å². The lowest BCUT2D eigenvalue weighted by Gasteiger charge is -2.34. The van der Waals surface area contributed by atoms with Gasteiger partial charge in [0.15, 0.2) is 11.6 Å². The Morgan fingerprint density at radius 2 is 1.91 bits per heavy atom. The van der Waals surface area contributed by atoms with Gasteiger partial charge in [-0.2, -0.15) is 5.26 Å². The van der Waals surface area contributed by atoms with Crippen LogP contribution in [0.5, 0.6) is 0 Å². The number of carbonyl (C=O) groups is 1. The second-order valence-corrected chi connectivity index (χ2v) is 11.5. The van der Waals surface area contributed by atoms with Gasteiger partial charge in [-0.15, -0.1) is 0 Å². The van der Waals surface area contributed by atoms with E-state index in [-0.39, 0.29) is 28.7 Å². The van der Waals surface area contributed by atoms with Gasteiger partial charge >= 0.3 is 0 Å². The van der Waals surface area contributed by atoms with Gasteiger partial charge in [0.05, 0.1) is 28.2 Å². The predicted octanol–water partition coefficient (Wildman–Crippen LogP) is 4.09. The zero-order valence-electron chi connectivity index (χ0n) is 24.0. The Hall–Kier alpha value is -4.73. The van der Waals surface area contributed by atoms with Crippen molar-refractivity contribution in [2.24, 2.45) is 5.73 Å². The molecule has 2 aromatic carbocycles. The minimum Gasteiger partial charge on any atom is -0.369 e. The van der Waals surface area contributed by atoms with Crippen LogP contribution in [0.3, 0.4) is 0 Å². The van der Waals surface area contributed by atoms with Crippen molar-refractivity contribution in [3.63, 3.8) is 0 Å². The zero-order valence-corrected chi connectivity index (χ0v) is 24.7. The van der Waals surface area contributed by atoms with Gasteiger partial charge in [-0.05, 0) is 37.7 Å². The number of carbonyl (C=O) groups excluding carboxylic acids is 1. The summed E-state index contributed by atoms with van der Waals surface area (Å²) in [6.45, 7) is 8.36. The molecule has 1 amide bonds. The molecule has 2 aromatic heterocycles. The fourth-order valence-electron chi connectivity index (χ4n) is 5.88. The summed E-state index contributed by atoms with van der Waals surface area (Å²) in [5.41, 5.74) is 5.74. The number of primary amides is 1. The molecule has 6 rings (SSSR count). The van der Waals surface area contributed by atoms with E-state index in [1.807, 2.05) is 18.2 Å². The van der Waals surface area contributed by atoms with E-state index in [1.165, 1.54) is 16.8 Å². The van der Waals surface area contributed by atoms with Gasteiger partial charge in [0.2, 0.25) is 5.91 Å². The van der Waals surface area contributed by atoms with E-state index in [1.54, 1.807) is 4.57 Å². The first-order valence-electron chi connectivity index (χ1n) is 14.1. The molecule has 10 nitrogen and oxygen atoms in total. The molecule has 0 radical (unpaired) electrons. The summed E-state index contributed by atoms with van der Waals surface area (Å²) in [6.07, 6.45) is 2.77. The SMILES string of the molecule is C=C(Cn1cc(-c2cc(C(N)=O)c(C#N)c(F)c2F)c2c(=O)n3c(nc21)CCC3)Nc1cc(N2CCN(C)CC2)ccc1Cl. The van der Waals surface area contributed by atoms with Crippen molar-refractivity contribution in [3.8, 4) is 17.2 Å². The van der Waals surface area contributed by atoms with Crippen LogP contribution in [0.25, 0.3) is 22.2 Å². The first-order valence-corrected chi connectivity index (χ1v) is 14.5. The van der Waals surface area contributed by atoms with Crippen molar-refractivity contribution in [1.29, 1.82) is 5.26 Å². The highest BCUT2D eigenvalue weighted by atomic mass is 35.5. The van der Waals surface area contributed by atoms with Crippen LogP contribution in [0, 0.1) is 23.0 Å². The Morgan fingerprint density at radius 1 is 1.16 bits per heavy atom. The molecule has 4 heterocycles. The Kier molecular flexibility index (Phi) is 7.61. The molecule has 1 saturated heterocycles. The lowest BCUT2D eigenvalue weighted by Crippen LogP contribution is -2.44. The number of nitriles is 1. The monoisotopic (exact) mass is 618 g/mol. The van der Waals surface area contributed by atoms with Crippen molar-refractivity contribution < 1.29 is 13.6 Å². The molecular weight excluding hydrogens is 590 g/mol. The lowest BCUT2D eigenvalue weighted by molar-refractivity contribution is 0.0999. The first kappa shape index (κ1) is 29.3. The van der Waals surface area contributed by atoms with Crippen LogP contribution < -0.4 is 21.5 Å². The number of nitrogens with zero attached hydrogens (tertiary/aromatic N) is 6. The van der Waals surface area contributed by atoms with Crippen LogP contribution >= 0.6 is 11.6 Å². The van der Waals surface area contributed by atoms with Crippen LogP contribution in [-0.2, 0) is 19.5 Å². The average Bonchev–Trinajstić information content (AvgIpc) is 3.61. The second-order valence-electron chi connectivity index (χ2n) is 11.1. The third kappa shape index (κ3) is 5.08. The average molecular weight is 619 g/mol. The van der Waals surface area contributed by atoms with Crippen LogP contribution in [0.4, 0.5) is 20.2 Å². The number of anilines is 2. The molecule has 44 heavy (non-hydrogen) atoms. The molecule has 13 heteroatoms. The number of aryl methyl sites for hydroxylation is 1. The number of piperazine rings is 1. The summed E-state index contributed by atoms with van der Waals surface area (Å²) < 4.78 is 33.6. The quantitative estimate of drug-likeness (QED) is 0.320. The summed E-state index contributed by atoms with van der Waals surface area (Å²) in [4.78, 5) is 35.0. The Labute approximate surface area is 256 Å². The zero-order chi connectivity index (χ0) is 31.3. The molecule has 4 aromatic rings. The maximum Gasteiger partial charge on any atom is 0.263 e. The number of nitrogens with two attached hydrogens (primary N) is 1. The molecule has 2 aliphatic rings. The highest BCUT2D eigenvalue weighted by Gasteiger charge is 2.28. The third-order valence-corrected chi connectivity index (χ3v) is 8.53. The molecular formula is C31H29ClF2N8O2. The minimum absolute atomic E-state index is 0.0194. The summed E-state index contributed by atoms with van der Waals surface area (Å²) in [7, 11) is 2.09. The molecule has 0 saturated carbocycles. The maximum atomic E-state index is 15.5. The van der Waals surface area contributed by atoms with Crippen LogP contribution in [-0.4, -0.2) is 58.2 Å². The normalized spacial score (nSPS) is 14.9. The smallest absolute Gasteiger partial charge is 0.263 e. The van der Waals surface area contributed by atoms with Gasteiger partial charge in [0.1, 0.15) is 23.1 Å². The van der Waals surface area contributed by atoms with E-state index in [0.717, 1.165) is 37.9 Å². The fourth-order valence-corrected chi connectivity index (χ4v) is 6.05. The first-order chi connectivity index (χ1) is 21.1. The van der Waals surface area contributed by atoms with E-state index in [2.05, 4.69) is 28.7 Å². The predicted molar refractivity (Wildman–Crippen MR) is 165 cm³/mol. The van der Waals surface area contributed by atoms with Gasteiger partial charge in [-0.3, -0.25) is 14.2 Å². The van der Waals surface area contributed by atoms with Crippen molar-refractivity contribution in [1.82, 2.24) is 19.0 Å². The molecule has 1 fully saturated rings. The van der Waals surface area contributed by atoms with E-state index in [9.17, 15) is 14.9 Å². The molecule has 0 spiro atoms. The molecule has 0 aliphatic carbocycles. The number of nitrogens with one attached hydrogen (secondary N) is 1. The molecule has 0 unspecified atom stereocenters. The van der Waals surface area contributed by atoms with Crippen molar-refractivity contribution >= 4 is 39.9 Å². The Bertz CT molecular complexity index is 1950. The topological polar surface area (TPSA) is 125 Å². The molecule has 2 aliphatic heterocycles. The van der Waals surface area contributed by atoms with E-state index < -0.39 is 34.2 Å². The number of fused-ring (bicyclic) bond motifs is 2. The number of allylic oxidation sites excluding steroid dienone is 1.